The maximum absolute atomic E-state index is 8.74. The molecule has 3 heterocycles. The van der Waals surface area contributed by atoms with Crippen molar-refractivity contribution in [3.8, 4) is 23.0 Å². The van der Waals surface area contributed by atoms with E-state index in [0.717, 1.165) is 46.8 Å². The minimum absolute atomic E-state index is 0. The van der Waals surface area contributed by atoms with Gasteiger partial charge >= 0.3 is 124 Å². The van der Waals surface area contributed by atoms with Crippen LogP contribution >= 0.6 is 63.7 Å². The first kappa shape index (κ1) is 87.6. The van der Waals surface area contributed by atoms with E-state index < -0.39 is 14.0 Å². The van der Waals surface area contributed by atoms with E-state index in [9.17, 15) is 0 Å². The van der Waals surface area contributed by atoms with Crippen molar-refractivity contribution >= 4 is 96.8 Å². The van der Waals surface area contributed by atoms with Crippen LogP contribution in [0.15, 0.2) is 232 Å². The molecule has 8 aromatic rings. The standard InChI is InChI=1S/C19H23BO3.C13H11BrO.C12H24B2O4.C7H7Br.C7H8O.2C6H5BrO.CH2O3.2K.H/c1-18(2)19(3,4)23-20(22-18)16-10-12-17(13-11-16)21-14-15-8-6-5-7-9-15;14-12-6-8-13(9-7-12)15-10-11-4-2-1-3-5-11;1-9(2)10(3,4)16-13(15-9)14-17-11(5,6)12(7,8)18-14;2*8-6-7-4-2-1-3-5-7;2*7-5-1-3-6(8)4-2-5;2-1-4-3;;;/h5-13H,14H2,1-4H3;1-9H,10H2;1-8H3;1-5H,6H2;1-5,8H,6H2;2*1-4,8H;1,3H;;;/q;;;;;;;;2*+1;-1/p-1. The van der Waals surface area contributed by atoms with Crippen LogP contribution in [0.4, 0.5) is 0 Å². The van der Waals surface area contributed by atoms with Crippen LogP contribution in [-0.2, 0) is 62.8 Å². The molecule has 11 rings (SSSR count). The largest absolute Gasteiger partial charge is 1.00 e. The minimum atomic E-state index is -0.476. The molecule has 0 atom stereocenters. The Morgan fingerprint density at radius 2 is 0.670 bits per heavy atom. The van der Waals surface area contributed by atoms with Crippen LogP contribution in [0.1, 0.15) is 107 Å². The van der Waals surface area contributed by atoms with Gasteiger partial charge in [-0.25, -0.2) is 0 Å². The number of rotatable bonds is 11. The first-order chi connectivity index (χ1) is 43.5. The van der Waals surface area contributed by atoms with E-state index in [4.69, 9.17) is 62.8 Å². The molecule has 3 N–H and O–H groups in total. The van der Waals surface area contributed by atoms with Gasteiger partial charge in [-0.05, 0) is 196 Å². The molecule has 0 radical (unpaired) electrons. The smallest absolute Gasteiger partial charge is 1.00 e. The summed E-state index contributed by atoms with van der Waals surface area (Å²) in [5.74, 6) is 2.33. The number of alkyl halides is 1. The minimum Gasteiger partial charge on any atom is -1.00 e. The van der Waals surface area contributed by atoms with Crippen LogP contribution < -0.4 is 123 Å². The average Bonchev–Trinajstić information content (AvgIpc) is 1.61. The van der Waals surface area contributed by atoms with E-state index >= 15 is 0 Å². The van der Waals surface area contributed by atoms with Crippen molar-refractivity contribution in [2.45, 2.75) is 142 Å². The van der Waals surface area contributed by atoms with Crippen molar-refractivity contribution in [3.63, 3.8) is 0 Å². The van der Waals surface area contributed by atoms with Crippen LogP contribution in [0.25, 0.3) is 0 Å². The quantitative estimate of drug-likeness (QED) is 0.0365. The van der Waals surface area contributed by atoms with Gasteiger partial charge in [-0.2, -0.15) is 0 Å². The van der Waals surface area contributed by atoms with Gasteiger partial charge in [0.25, 0.3) is 6.47 Å². The molecular formula is C71H85B3Br4K2O14. The predicted molar refractivity (Wildman–Crippen MR) is 381 cm³/mol. The molecule has 492 valence electrons. The van der Waals surface area contributed by atoms with Crippen LogP contribution in [0.3, 0.4) is 0 Å². The molecule has 3 saturated heterocycles. The van der Waals surface area contributed by atoms with Gasteiger partial charge in [-0.1, -0.05) is 197 Å². The zero-order chi connectivity index (χ0) is 68.0. The Hall–Kier alpha value is -2.50. The van der Waals surface area contributed by atoms with Crippen LogP contribution in [0.2, 0.25) is 0 Å². The van der Waals surface area contributed by atoms with E-state index in [1.807, 2.05) is 189 Å². The van der Waals surface area contributed by atoms with Gasteiger partial charge in [0.2, 0.25) is 0 Å². The van der Waals surface area contributed by atoms with E-state index in [1.54, 1.807) is 48.5 Å². The fraction of sp³-hybridized carbons (Fsp3) is 0.310. The number of phenolic OH excluding ortho intramolecular Hbond substituents is 2. The van der Waals surface area contributed by atoms with Gasteiger partial charge in [0.15, 0.2) is 0 Å². The Morgan fingerprint density at radius 1 is 0.415 bits per heavy atom. The van der Waals surface area contributed by atoms with Crippen molar-refractivity contribution in [2.75, 3.05) is 0 Å². The van der Waals surface area contributed by atoms with Crippen molar-refractivity contribution in [3.05, 3.63) is 254 Å². The van der Waals surface area contributed by atoms with E-state index in [0.29, 0.717) is 24.7 Å². The van der Waals surface area contributed by atoms with E-state index in [2.05, 4.69) is 133 Å². The molecule has 23 heteroatoms. The average molecular weight is 1590 g/mol. The van der Waals surface area contributed by atoms with Gasteiger partial charge in [0.1, 0.15) is 36.2 Å². The number of hydrogen-bond acceptors (Lipinski definition) is 14. The topological polar surface area (TPSA) is 184 Å². The van der Waals surface area contributed by atoms with Crippen molar-refractivity contribution < 1.29 is 172 Å². The summed E-state index contributed by atoms with van der Waals surface area (Å²) in [6.07, 6.45) is 0. The molecule has 0 saturated carbocycles. The summed E-state index contributed by atoms with van der Waals surface area (Å²) < 4.78 is 50.4. The monoisotopic (exact) mass is 1590 g/mol. The van der Waals surface area contributed by atoms with Gasteiger partial charge in [-0.3, -0.25) is 4.79 Å². The van der Waals surface area contributed by atoms with Crippen molar-refractivity contribution in [1.29, 1.82) is 0 Å². The number of carbonyl (C=O) groups is 1. The molecule has 0 aliphatic carbocycles. The molecule has 94 heavy (non-hydrogen) atoms. The molecule has 0 unspecified atom stereocenters. The third-order valence-electron chi connectivity index (χ3n) is 15.2. The second kappa shape index (κ2) is 43.9. The number of aromatic hydroxyl groups is 2. The van der Waals surface area contributed by atoms with Crippen molar-refractivity contribution in [1.82, 2.24) is 0 Å². The van der Waals surface area contributed by atoms with Gasteiger partial charge in [-0.15, -0.1) is 0 Å². The van der Waals surface area contributed by atoms with Crippen LogP contribution in [0.5, 0.6) is 23.0 Å². The van der Waals surface area contributed by atoms with Gasteiger partial charge in [0.05, 0.1) is 40.2 Å². The normalized spacial score (nSPS) is 15.7. The predicted octanol–water partition coefficient (Wildman–Crippen LogP) is 10.5. The SMILES string of the molecule is BrCc1ccccc1.Brc1ccc(OCc2ccccc2)cc1.CC1(C)OB(B2OC(C)(C)C(C)(C)O2)OC1(C)C.CC1(C)OB(c2ccc(OCc3ccccc3)cc2)OC1(C)C.O=CO[O-].OCc1ccccc1.Oc1ccc(Br)cc1.Oc1ccc(Br)cc1.[H-].[K+].[K+]. The van der Waals surface area contributed by atoms with Crippen LogP contribution in [0, 0.1) is 0 Å². The third-order valence-corrected chi connectivity index (χ3v) is 17.4. The summed E-state index contributed by atoms with van der Waals surface area (Å²) in [5, 5.41) is 35.4. The summed E-state index contributed by atoms with van der Waals surface area (Å²) in [6.45, 7) is 25.6. The molecule has 0 bridgehead atoms. The Bertz CT molecular complexity index is 3120. The first-order valence-corrected chi connectivity index (χ1v) is 33.1. The number of halogens is 4. The second-order valence-electron chi connectivity index (χ2n) is 23.8. The molecule has 0 amide bonds. The third kappa shape index (κ3) is 31.4. The van der Waals surface area contributed by atoms with Gasteiger partial charge in [0, 0.05) is 18.7 Å². The summed E-state index contributed by atoms with van der Waals surface area (Å²) in [4.78, 5) is 11.2. The zero-order valence-corrected chi connectivity index (χ0v) is 68.9. The summed E-state index contributed by atoms with van der Waals surface area (Å²) in [7, 11) is -1.28. The molecule has 3 fully saturated rings. The van der Waals surface area contributed by atoms with E-state index in [-0.39, 0.29) is 158 Å². The fourth-order valence-corrected chi connectivity index (χ4v) is 8.91. The molecule has 0 aromatic heterocycles. The number of aliphatic hydroxyl groups is 1. The Kier molecular flexibility index (Phi) is 40.9. The zero-order valence-electron chi connectivity index (χ0n) is 57.3. The summed E-state index contributed by atoms with van der Waals surface area (Å²) >= 11 is 13.2. The summed E-state index contributed by atoms with van der Waals surface area (Å²) in [5.41, 5.74) is 3.56. The molecular weight excluding hydrogens is 1510 g/mol. The number of carbonyl (C=O) groups excluding carboxylic acids is 1. The molecule has 3 aliphatic heterocycles. The Balaban J connectivity index is 0.000000568. The molecule has 0 spiro atoms. The molecule has 14 nitrogen and oxygen atoms in total. The maximum Gasteiger partial charge on any atom is 1.00 e. The van der Waals surface area contributed by atoms with Gasteiger partial charge < -0.3 is 64.3 Å². The van der Waals surface area contributed by atoms with Crippen LogP contribution in [-0.4, -0.2) is 76.5 Å². The molecule has 8 aromatic carbocycles. The molecule has 3 aliphatic rings. The number of benzene rings is 8. The number of hydrogen-bond donors (Lipinski definition) is 3. The second-order valence-corrected chi connectivity index (χ2v) is 27.1. The number of phenols is 2. The first-order valence-electron chi connectivity index (χ1n) is 29.6. The summed E-state index contributed by atoms with van der Waals surface area (Å²) in [6, 6.07) is 69.5. The fourth-order valence-electron chi connectivity index (χ4n) is 7.75. The Labute approximate surface area is 678 Å². The van der Waals surface area contributed by atoms with E-state index in [1.165, 1.54) is 11.1 Å². The maximum atomic E-state index is 8.74. The van der Waals surface area contributed by atoms with Crippen molar-refractivity contribution in [2.24, 2.45) is 0 Å². The Morgan fingerprint density at radius 3 is 0.915 bits per heavy atom. The number of ether oxygens (including phenoxy) is 2. The number of aliphatic hydroxyl groups excluding tert-OH is 1.